The van der Waals surface area contributed by atoms with Gasteiger partial charge in [0.15, 0.2) is 0 Å². The normalized spacial score (nSPS) is 16.9. The van der Waals surface area contributed by atoms with Gasteiger partial charge in [0.2, 0.25) is 0 Å². The average Bonchev–Trinajstić information content (AvgIpc) is 3.06. The second-order valence-corrected chi connectivity index (χ2v) is 6.07. The van der Waals surface area contributed by atoms with Gasteiger partial charge in [-0.2, -0.15) is 5.10 Å². The second kappa shape index (κ2) is 7.24. The summed E-state index contributed by atoms with van der Waals surface area (Å²) in [6.07, 6.45) is 0.582. The summed E-state index contributed by atoms with van der Waals surface area (Å²) in [5.41, 5.74) is 2.59. The van der Waals surface area contributed by atoms with Gasteiger partial charge in [-0.05, 0) is 23.8 Å². The van der Waals surface area contributed by atoms with Crippen LogP contribution in [-0.2, 0) is 4.79 Å². The van der Waals surface area contributed by atoms with Crippen LogP contribution in [0.2, 0.25) is 5.02 Å². The summed E-state index contributed by atoms with van der Waals surface area (Å²) < 4.78 is 5.19. The van der Waals surface area contributed by atoms with Crippen LogP contribution in [0.25, 0.3) is 0 Å². The summed E-state index contributed by atoms with van der Waals surface area (Å²) in [5, 5.41) is 6.56. The number of hydrogen-bond donors (Lipinski definition) is 0. The summed E-state index contributed by atoms with van der Waals surface area (Å²) in [6, 6.07) is 14.9. The van der Waals surface area contributed by atoms with Crippen molar-refractivity contribution in [3.8, 4) is 5.75 Å². The molecule has 4 nitrogen and oxygen atoms in total. The molecule has 2 aromatic rings. The van der Waals surface area contributed by atoms with Crippen LogP contribution in [0.3, 0.4) is 0 Å². The Morgan fingerprint density at radius 2 is 1.96 bits per heavy atom. The summed E-state index contributed by atoms with van der Waals surface area (Å²) in [6.45, 7) is 0. The van der Waals surface area contributed by atoms with Crippen LogP contribution in [0.4, 0.5) is 0 Å². The topological polar surface area (TPSA) is 41.9 Å². The van der Waals surface area contributed by atoms with Gasteiger partial charge in [-0.15, -0.1) is 11.6 Å². The maximum atomic E-state index is 12.2. The van der Waals surface area contributed by atoms with Crippen LogP contribution < -0.4 is 4.74 Å². The Bertz CT molecular complexity index is 775. The molecule has 1 aliphatic rings. The van der Waals surface area contributed by atoms with Gasteiger partial charge in [0.25, 0.3) is 5.91 Å². The van der Waals surface area contributed by atoms with Crippen molar-refractivity contribution in [2.75, 3.05) is 13.0 Å². The van der Waals surface area contributed by atoms with Gasteiger partial charge in [-0.3, -0.25) is 4.79 Å². The molecule has 1 heterocycles. The molecule has 1 amide bonds. The van der Waals surface area contributed by atoms with E-state index in [1.165, 1.54) is 5.01 Å². The summed E-state index contributed by atoms with van der Waals surface area (Å²) in [4.78, 5) is 12.2. The minimum atomic E-state index is -0.237. The lowest BCUT2D eigenvalue weighted by Gasteiger charge is -2.21. The molecular weight excluding hydrogens is 347 g/mol. The minimum absolute atomic E-state index is 0.119. The standard InChI is InChI=1S/C18H16Cl2N2O2/c1-24-13-8-6-12(7-9-13)17-10-16(21-22(17)18(23)11-19)14-4-2-3-5-15(14)20/h2-9,17H,10-11H2,1H3. The van der Waals surface area contributed by atoms with Gasteiger partial charge in [0.1, 0.15) is 11.6 Å². The molecule has 0 bridgehead atoms. The molecule has 0 aliphatic carbocycles. The first-order valence-electron chi connectivity index (χ1n) is 7.48. The fourth-order valence-electron chi connectivity index (χ4n) is 2.75. The molecule has 0 N–H and O–H groups in total. The average molecular weight is 363 g/mol. The number of amides is 1. The molecule has 2 aromatic carbocycles. The maximum absolute atomic E-state index is 12.2. The van der Waals surface area contributed by atoms with Crippen LogP contribution in [0, 0.1) is 0 Å². The van der Waals surface area contributed by atoms with E-state index in [-0.39, 0.29) is 17.8 Å². The van der Waals surface area contributed by atoms with Gasteiger partial charge in [-0.25, -0.2) is 5.01 Å². The number of methoxy groups -OCH3 is 1. The van der Waals surface area contributed by atoms with Crippen LogP contribution in [0.1, 0.15) is 23.6 Å². The second-order valence-electron chi connectivity index (χ2n) is 5.39. The molecule has 3 rings (SSSR count). The van der Waals surface area contributed by atoms with Crippen LogP contribution in [-0.4, -0.2) is 29.6 Å². The molecule has 0 saturated heterocycles. The smallest absolute Gasteiger partial charge is 0.258 e. The van der Waals surface area contributed by atoms with Crippen molar-refractivity contribution in [2.45, 2.75) is 12.5 Å². The Morgan fingerprint density at radius 3 is 2.58 bits per heavy atom. The third kappa shape index (κ3) is 3.25. The number of ether oxygens (including phenoxy) is 1. The molecule has 0 aromatic heterocycles. The van der Waals surface area contributed by atoms with E-state index < -0.39 is 0 Å². The van der Waals surface area contributed by atoms with Gasteiger partial charge in [-0.1, -0.05) is 41.9 Å². The highest BCUT2D eigenvalue weighted by Gasteiger charge is 2.33. The summed E-state index contributed by atoms with van der Waals surface area (Å²) in [5.74, 6) is 0.408. The molecule has 0 saturated carbocycles. The third-order valence-electron chi connectivity index (χ3n) is 3.97. The van der Waals surface area contributed by atoms with Crippen LogP contribution in [0.15, 0.2) is 53.6 Å². The van der Waals surface area contributed by atoms with Crippen molar-refractivity contribution < 1.29 is 9.53 Å². The molecule has 0 radical (unpaired) electrons. The van der Waals surface area contributed by atoms with Crippen LogP contribution in [0.5, 0.6) is 5.75 Å². The SMILES string of the molecule is COc1ccc(C2CC(c3ccccc3Cl)=NN2C(=O)CCl)cc1. The number of nitrogens with zero attached hydrogens (tertiary/aromatic N) is 2. The zero-order valence-corrected chi connectivity index (χ0v) is 14.6. The van der Waals surface area contributed by atoms with Crippen molar-refractivity contribution >= 4 is 34.8 Å². The highest BCUT2D eigenvalue weighted by molar-refractivity contribution is 6.34. The minimum Gasteiger partial charge on any atom is -0.497 e. The number of hydrogen-bond acceptors (Lipinski definition) is 3. The molecule has 6 heteroatoms. The quantitative estimate of drug-likeness (QED) is 0.762. The molecule has 1 atom stereocenters. The molecular formula is C18H16Cl2N2O2. The number of carbonyl (C=O) groups excluding carboxylic acids is 1. The van der Waals surface area contributed by atoms with E-state index in [2.05, 4.69) is 5.10 Å². The lowest BCUT2D eigenvalue weighted by molar-refractivity contribution is -0.130. The van der Waals surface area contributed by atoms with E-state index in [9.17, 15) is 4.79 Å². The molecule has 124 valence electrons. The number of benzene rings is 2. The first-order chi connectivity index (χ1) is 11.6. The fraction of sp³-hybridized carbons (Fsp3) is 0.222. The van der Waals surface area contributed by atoms with E-state index in [1.807, 2.05) is 48.5 Å². The van der Waals surface area contributed by atoms with Crippen molar-refractivity contribution in [3.63, 3.8) is 0 Å². The van der Waals surface area contributed by atoms with E-state index in [4.69, 9.17) is 27.9 Å². The van der Waals surface area contributed by atoms with Crippen molar-refractivity contribution in [3.05, 3.63) is 64.7 Å². The lowest BCUT2D eigenvalue weighted by Crippen LogP contribution is -2.27. The maximum Gasteiger partial charge on any atom is 0.258 e. The number of hydrazone groups is 1. The lowest BCUT2D eigenvalue weighted by atomic mass is 9.98. The predicted octanol–water partition coefficient (Wildman–Crippen LogP) is 4.27. The molecule has 24 heavy (non-hydrogen) atoms. The Hall–Kier alpha value is -2.04. The van der Waals surface area contributed by atoms with Crippen LogP contribution >= 0.6 is 23.2 Å². The zero-order valence-electron chi connectivity index (χ0n) is 13.1. The summed E-state index contributed by atoms with van der Waals surface area (Å²) in [7, 11) is 1.62. The highest BCUT2D eigenvalue weighted by atomic mass is 35.5. The molecule has 1 unspecified atom stereocenters. The number of halogens is 2. The van der Waals surface area contributed by atoms with Gasteiger partial charge in [0.05, 0.1) is 18.9 Å². The monoisotopic (exact) mass is 362 g/mol. The van der Waals surface area contributed by atoms with E-state index in [0.717, 1.165) is 22.6 Å². The van der Waals surface area contributed by atoms with Crippen molar-refractivity contribution in [1.29, 1.82) is 0 Å². The Morgan fingerprint density at radius 1 is 1.25 bits per heavy atom. The largest absolute Gasteiger partial charge is 0.497 e. The third-order valence-corrected chi connectivity index (χ3v) is 4.52. The first kappa shape index (κ1) is 16.8. The highest BCUT2D eigenvalue weighted by Crippen LogP contribution is 2.35. The Kier molecular flexibility index (Phi) is 5.07. The van der Waals surface area contributed by atoms with Crippen molar-refractivity contribution in [1.82, 2.24) is 5.01 Å². The number of rotatable bonds is 4. The van der Waals surface area contributed by atoms with Crippen molar-refractivity contribution in [2.24, 2.45) is 5.10 Å². The van der Waals surface area contributed by atoms with Gasteiger partial charge < -0.3 is 4.74 Å². The Balaban J connectivity index is 1.95. The van der Waals surface area contributed by atoms with E-state index >= 15 is 0 Å². The van der Waals surface area contributed by atoms with Gasteiger partial charge >= 0.3 is 0 Å². The van der Waals surface area contributed by atoms with E-state index in [1.54, 1.807) is 7.11 Å². The predicted molar refractivity (Wildman–Crippen MR) is 95.9 cm³/mol. The molecule has 1 aliphatic heterocycles. The number of alkyl halides is 1. The summed E-state index contributed by atoms with van der Waals surface area (Å²) >= 11 is 12.0. The first-order valence-corrected chi connectivity index (χ1v) is 8.39. The Labute approximate surface area is 150 Å². The fourth-order valence-corrected chi connectivity index (χ4v) is 3.11. The molecule has 0 spiro atoms. The molecule has 0 fully saturated rings. The zero-order chi connectivity index (χ0) is 17.1. The van der Waals surface area contributed by atoms with Gasteiger partial charge in [0, 0.05) is 17.0 Å². The van der Waals surface area contributed by atoms with E-state index in [0.29, 0.717) is 11.4 Å². The number of carbonyl (C=O) groups is 1.